The molecule has 0 unspecified atom stereocenters. The number of pyridine rings is 1. The summed E-state index contributed by atoms with van der Waals surface area (Å²) in [6, 6.07) is 3.50. The molecule has 6 nitrogen and oxygen atoms in total. The van der Waals surface area contributed by atoms with Crippen molar-refractivity contribution in [2.45, 2.75) is 38.2 Å². The fourth-order valence-electron chi connectivity index (χ4n) is 2.48. The Labute approximate surface area is 134 Å². The van der Waals surface area contributed by atoms with Crippen LogP contribution in [-0.4, -0.2) is 21.1 Å². The number of hydrogen-bond acceptors (Lipinski definition) is 6. The Morgan fingerprint density at radius 1 is 1.14 bits per heavy atom. The molecule has 22 heavy (non-hydrogen) atoms. The van der Waals surface area contributed by atoms with E-state index in [4.69, 9.17) is 22.1 Å². The second kappa shape index (κ2) is 6.79. The van der Waals surface area contributed by atoms with E-state index in [2.05, 4.69) is 20.3 Å². The van der Waals surface area contributed by atoms with Crippen molar-refractivity contribution >= 4 is 28.9 Å². The molecule has 0 spiro atoms. The molecule has 1 fully saturated rings. The number of nitrogens with two attached hydrogens (primary N) is 1. The first-order valence-electron chi connectivity index (χ1n) is 7.38. The highest BCUT2D eigenvalue weighted by Crippen LogP contribution is 2.30. The molecule has 0 amide bonds. The van der Waals surface area contributed by atoms with E-state index in [1.54, 1.807) is 18.3 Å². The number of nitrogens with one attached hydrogen (secondary N) is 1. The first-order chi connectivity index (χ1) is 10.7. The molecule has 2 heterocycles. The largest absolute Gasteiger partial charge is 0.473 e. The molecule has 0 bridgehead atoms. The Hall–Kier alpha value is -2.08. The Morgan fingerprint density at radius 2 is 1.95 bits per heavy atom. The third-order valence-electron chi connectivity index (χ3n) is 3.65. The predicted octanol–water partition coefficient (Wildman–Crippen LogP) is 3.56. The minimum absolute atomic E-state index is 0.187. The van der Waals surface area contributed by atoms with E-state index in [-0.39, 0.29) is 6.10 Å². The van der Waals surface area contributed by atoms with E-state index in [9.17, 15) is 0 Å². The summed E-state index contributed by atoms with van der Waals surface area (Å²) in [4.78, 5) is 12.5. The van der Waals surface area contributed by atoms with Crippen molar-refractivity contribution in [2.75, 3.05) is 11.1 Å². The minimum Gasteiger partial charge on any atom is -0.473 e. The fraction of sp³-hybridized carbons (Fsp3) is 0.400. The van der Waals surface area contributed by atoms with Crippen LogP contribution < -0.4 is 15.8 Å². The molecule has 0 aliphatic heterocycles. The lowest BCUT2D eigenvalue weighted by atomic mass is 9.98. The molecule has 2 aromatic heterocycles. The zero-order chi connectivity index (χ0) is 15.4. The first kappa shape index (κ1) is 14.8. The van der Waals surface area contributed by atoms with Gasteiger partial charge in [-0.1, -0.05) is 18.0 Å². The van der Waals surface area contributed by atoms with Gasteiger partial charge in [-0.15, -0.1) is 0 Å². The first-order valence-corrected chi connectivity index (χ1v) is 7.76. The zero-order valence-corrected chi connectivity index (χ0v) is 12.9. The van der Waals surface area contributed by atoms with Gasteiger partial charge in [0.25, 0.3) is 0 Å². The lowest BCUT2D eigenvalue weighted by Crippen LogP contribution is -2.21. The summed E-state index contributed by atoms with van der Waals surface area (Å²) in [5, 5.41) is 3.62. The van der Waals surface area contributed by atoms with Crippen LogP contribution in [-0.2, 0) is 0 Å². The van der Waals surface area contributed by atoms with Gasteiger partial charge in [0.15, 0.2) is 5.82 Å². The van der Waals surface area contributed by atoms with Gasteiger partial charge in [-0.25, -0.2) is 9.97 Å². The number of hydrogen-bond donors (Lipinski definition) is 2. The van der Waals surface area contributed by atoms with Crippen LogP contribution in [0.1, 0.15) is 32.1 Å². The second-order valence-electron chi connectivity index (χ2n) is 5.31. The van der Waals surface area contributed by atoms with Gasteiger partial charge in [-0.2, -0.15) is 4.98 Å². The van der Waals surface area contributed by atoms with E-state index in [0.29, 0.717) is 28.2 Å². The van der Waals surface area contributed by atoms with Crippen molar-refractivity contribution in [3.05, 3.63) is 29.7 Å². The van der Waals surface area contributed by atoms with Gasteiger partial charge >= 0.3 is 0 Å². The monoisotopic (exact) mass is 319 g/mol. The maximum absolute atomic E-state index is 6.11. The molecule has 0 radical (unpaired) electrons. The predicted molar refractivity (Wildman–Crippen MR) is 86.5 cm³/mol. The number of anilines is 3. The number of nitrogens with zero attached hydrogens (tertiary/aromatic N) is 3. The van der Waals surface area contributed by atoms with E-state index in [1.165, 1.54) is 25.6 Å². The van der Waals surface area contributed by atoms with Crippen LogP contribution in [0, 0.1) is 0 Å². The summed E-state index contributed by atoms with van der Waals surface area (Å²) >= 11 is 5.82. The molecule has 0 saturated heterocycles. The summed E-state index contributed by atoms with van der Waals surface area (Å²) in [7, 11) is 0. The SMILES string of the molecule is Nc1c(Nc2ccc(Cl)cn2)ncnc1OC1CCCCC1. The molecule has 1 aliphatic rings. The Balaban J connectivity index is 1.74. The maximum Gasteiger partial charge on any atom is 0.242 e. The lowest BCUT2D eigenvalue weighted by molar-refractivity contribution is 0.149. The van der Waals surface area contributed by atoms with Crippen molar-refractivity contribution in [1.82, 2.24) is 15.0 Å². The van der Waals surface area contributed by atoms with Gasteiger partial charge in [-0.05, 0) is 37.8 Å². The highest BCUT2D eigenvalue weighted by molar-refractivity contribution is 6.30. The number of nitrogen functional groups attached to an aromatic ring is 1. The lowest BCUT2D eigenvalue weighted by Gasteiger charge is -2.23. The van der Waals surface area contributed by atoms with Crippen LogP contribution in [0.25, 0.3) is 0 Å². The Morgan fingerprint density at radius 3 is 2.68 bits per heavy atom. The maximum atomic E-state index is 6.11. The number of aromatic nitrogens is 3. The standard InChI is InChI=1S/C15H18ClN5O/c16-10-6-7-12(18-8-10)21-14-13(17)15(20-9-19-14)22-11-4-2-1-3-5-11/h6-9,11H,1-5,17H2,(H,18,19,20,21). The number of halogens is 1. The van der Waals surface area contributed by atoms with Crippen LogP contribution in [0.2, 0.25) is 5.02 Å². The van der Waals surface area contributed by atoms with E-state index in [1.807, 2.05) is 0 Å². The van der Waals surface area contributed by atoms with Gasteiger partial charge in [0.2, 0.25) is 5.88 Å². The molecule has 0 aromatic carbocycles. The molecule has 116 valence electrons. The molecule has 3 N–H and O–H groups in total. The quantitative estimate of drug-likeness (QED) is 0.896. The molecule has 7 heteroatoms. The average molecular weight is 320 g/mol. The average Bonchev–Trinajstić information content (AvgIpc) is 2.54. The van der Waals surface area contributed by atoms with E-state index in [0.717, 1.165) is 12.8 Å². The minimum atomic E-state index is 0.187. The van der Waals surface area contributed by atoms with Gasteiger partial charge in [0, 0.05) is 6.20 Å². The summed E-state index contributed by atoms with van der Waals surface area (Å²) in [6.07, 6.45) is 8.93. The van der Waals surface area contributed by atoms with Crippen LogP contribution >= 0.6 is 11.6 Å². The van der Waals surface area contributed by atoms with Gasteiger partial charge in [-0.3, -0.25) is 0 Å². The summed E-state index contributed by atoms with van der Waals surface area (Å²) in [5.41, 5.74) is 6.51. The normalized spacial score (nSPS) is 15.5. The molecular formula is C15H18ClN5O. The van der Waals surface area contributed by atoms with Crippen molar-refractivity contribution < 1.29 is 4.74 Å². The van der Waals surface area contributed by atoms with Crippen molar-refractivity contribution in [1.29, 1.82) is 0 Å². The molecule has 0 atom stereocenters. The Bertz CT molecular complexity index is 628. The molecule has 1 saturated carbocycles. The van der Waals surface area contributed by atoms with Crippen LogP contribution in [0.3, 0.4) is 0 Å². The fourth-order valence-corrected chi connectivity index (χ4v) is 2.60. The third kappa shape index (κ3) is 3.57. The second-order valence-corrected chi connectivity index (χ2v) is 5.74. The van der Waals surface area contributed by atoms with E-state index >= 15 is 0 Å². The van der Waals surface area contributed by atoms with E-state index < -0.39 is 0 Å². The van der Waals surface area contributed by atoms with Gasteiger partial charge in [0.1, 0.15) is 23.9 Å². The molecule has 2 aromatic rings. The third-order valence-corrected chi connectivity index (χ3v) is 3.88. The highest BCUT2D eigenvalue weighted by Gasteiger charge is 2.18. The molecular weight excluding hydrogens is 302 g/mol. The van der Waals surface area contributed by atoms with Crippen molar-refractivity contribution in [3.8, 4) is 5.88 Å². The molecule has 1 aliphatic carbocycles. The Kier molecular flexibility index (Phi) is 4.58. The number of ether oxygens (including phenoxy) is 1. The van der Waals surface area contributed by atoms with Crippen molar-refractivity contribution in [3.63, 3.8) is 0 Å². The van der Waals surface area contributed by atoms with Gasteiger partial charge in [0.05, 0.1) is 5.02 Å². The van der Waals surface area contributed by atoms with Gasteiger partial charge < -0.3 is 15.8 Å². The van der Waals surface area contributed by atoms with Crippen LogP contribution in [0.5, 0.6) is 5.88 Å². The number of rotatable bonds is 4. The summed E-state index contributed by atoms with van der Waals surface area (Å²) in [5.74, 6) is 1.52. The summed E-state index contributed by atoms with van der Waals surface area (Å²) in [6.45, 7) is 0. The van der Waals surface area contributed by atoms with Crippen molar-refractivity contribution in [2.24, 2.45) is 0 Å². The van der Waals surface area contributed by atoms with Crippen LogP contribution in [0.15, 0.2) is 24.7 Å². The smallest absolute Gasteiger partial charge is 0.242 e. The molecule has 3 rings (SSSR count). The summed E-state index contributed by atoms with van der Waals surface area (Å²) < 4.78 is 5.93. The zero-order valence-electron chi connectivity index (χ0n) is 12.1. The van der Waals surface area contributed by atoms with Crippen LogP contribution in [0.4, 0.5) is 17.3 Å². The highest BCUT2D eigenvalue weighted by atomic mass is 35.5. The topological polar surface area (TPSA) is 86.0 Å².